The Morgan fingerprint density at radius 1 is 1.33 bits per heavy atom. The first kappa shape index (κ1) is 9.79. The van der Waals surface area contributed by atoms with E-state index >= 15 is 0 Å². The number of hydrogen-bond acceptors (Lipinski definition) is 4. The van der Waals surface area contributed by atoms with E-state index in [-0.39, 0.29) is 5.91 Å². The number of carbonyl (C=O) groups is 1. The Labute approximate surface area is 91.0 Å². The molecule has 2 rings (SSSR count). The van der Waals surface area contributed by atoms with Crippen LogP contribution < -0.4 is 5.32 Å². The van der Waals surface area contributed by atoms with Crippen molar-refractivity contribution in [2.45, 2.75) is 6.42 Å². The molecule has 2 heterocycles. The van der Waals surface area contributed by atoms with Gasteiger partial charge in [0.1, 0.15) is 0 Å². The Kier molecular flexibility index (Phi) is 3.04. The van der Waals surface area contributed by atoms with Crippen molar-refractivity contribution in [2.24, 2.45) is 0 Å². The average Bonchev–Trinajstić information content (AvgIpc) is 2.71. The molecule has 1 N–H and O–H groups in total. The topological polar surface area (TPSA) is 54.9 Å². The summed E-state index contributed by atoms with van der Waals surface area (Å²) in [4.78, 5) is 19.4. The maximum atomic E-state index is 11.5. The number of amides is 1. The highest BCUT2D eigenvalue weighted by atomic mass is 32.1. The second kappa shape index (κ2) is 4.65. The summed E-state index contributed by atoms with van der Waals surface area (Å²) in [7, 11) is 0. The van der Waals surface area contributed by atoms with Crippen LogP contribution in [0.25, 0.3) is 0 Å². The van der Waals surface area contributed by atoms with Crippen molar-refractivity contribution < 1.29 is 4.79 Å². The predicted molar refractivity (Wildman–Crippen MR) is 58.7 cm³/mol. The number of thiazole rings is 1. The summed E-state index contributed by atoms with van der Waals surface area (Å²) in [5.74, 6) is -0.0591. The van der Waals surface area contributed by atoms with Crippen LogP contribution in [0.4, 0.5) is 5.13 Å². The molecule has 0 spiro atoms. The van der Waals surface area contributed by atoms with Gasteiger partial charge >= 0.3 is 0 Å². The zero-order valence-electron chi connectivity index (χ0n) is 7.88. The number of hydrogen-bond donors (Lipinski definition) is 1. The standard InChI is InChI=1S/C10H9N3OS/c14-9(13-10-12-5-6-15-10)7-8-1-3-11-4-2-8/h1-6H,7H2,(H,12,13,14). The number of carbonyl (C=O) groups excluding carboxylic acids is 1. The Hall–Kier alpha value is -1.75. The first-order chi connectivity index (χ1) is 7.34. The van der Waals surface area contributed by atoms with E-state index in [9.17, 15) is 4.79 Å². The first-order valence-electron chi connectivity index (χ1n) is 4.43. The van der Waals surface area contributed by atoms with Crippen molar-refractivity contribution in [1.29, 1.82) is 0 Å². The second-order valence-electron chi connectivity index (χ2n) is 2.92. The molecule has 1 amide bonds. The molecular formula is C10H9N3OS. The van der Waals surface area contributed by atoms with Crippen LogP contribution in [-0.2, 0) is 11.2 Å². The van der Waals surface area contributed by atoms with Crippen molar-refractivity contribution >= 4 is 22.4 Å². The molecule has 0 aliphatic rings. The van der Waals surface area contributed by atoms with E-state index in [4.69, 9.17) is 0 Å². The lowest BCUT2D eigenvalue weighted by Crippen LogP contribution is -2.14. The number of aromatic nitrogens is 2. The van der Waals surface area contributed by atoms with Crippen LogP contribution in [0.2, 0.25) is 0 Å². The summed E-state index contributed by atoms with van der Waals surface area (Å²) in [6.45, 7) is 0. The summed E-state index contributed by atoms with van der Waals surface area (Å²) >= 11 is 1.41. The van der Waals surface area contributed by atoms with Crippen molar-refractivity contribution in [1.82, 2.24) is 9.97 Å². The fourth-order valence-electron chi connectivity index (χ4n) is 1.13. The molecule has 0 unspecified atom stereocenters. The summed E-state index contributed by atoms with van der Waals surface area (Å²) in [5.41, 5.74) is 0.944. The number of anilines is 1. The number of nitrogens with zero attached hydrogens (tertiary/aromatic N) is 2. The predicted octanol–water partition coefficient (Wildman–Crippen LogP) is 1.72. The fourth-order valence-corrected chi connectivity index (χ4v) is 1.68. The summed E-state index contributed by atoms with van der Waals surface area (Å²) < 4.78 is 0. The summed E-state index contributed by atoms with van der Waals surface area (Å²) in [6.07, 6.45) is 5.35. The van der Waals surface area contributed by atoms with Gasteiger partial charge in [-0.2, -0.15) is 0 Å². The zero-order chi connectivity index (χ0) is 10.5. The smallest absolute Gasteiger partial charge is 0.230 e. The highest BCUT2D eigenvalue weighted by Gasteiger charge is 2.04. The molecule has 5 heteroatoms. The molecule has 2 aromatic rings. The third kappa shape index (κ3) is 2.85. The molecule has 0 bridgehead atoms. The Bertz CT molecular complexity index is 427. The third-order valence-corrected chi connectivity index (χ3v) is 2.48. The van der Waals surface area contributed by atoms with Gasteiger partial charge < -0.3 is 5.32 Å². The number of rotatable bonds is 3. The Balaban J connectivity index is 1.94. The van der Waals surface area contributed by atoms with Crippen LogP contribution >= 0.6 is 11.3 Å². The van der Waals surface area contributed by atoms with Crippen molar-refractivity contribution in [3.05, 3.63) is 41.7 Å². The van der Waals surface area contributed by atoms with Crippen LogP contribution in [0.5, 0.6) is 0 Å². The van der Waals surface area contributed by atoms with Crippen molar-refractivity contribution in [3.8, 4) is 0 Å². The molecule has 0 aliphatic carbocycles. The second-order valence-corrected chi connectivity index (χ2v) is 3.81. The number of pyridine rings is 1. The molecule has 0 radical (unpaired) electrons. The van der Waals surface area contributed by atoms with E-state index in [0.717, 1.165) is 5.56 Å². The van der Waals surface area contributed by atoms with Crippen molar-refractivity contribution in [2.75, 3.05) is 5.32 Å². The fraction of sp³-hybridized carbons (Fsp3) is 0.100. The van der Waals surface area contributed by atoms with E-state index in [0.29, 0.717) is 11.6 Å². The van der Waals surface area contributed by atoms with E-state index in [1.54, 1.807) is 18.6 Å². The monoisotopic (exact) mass is 219 g/mol. The minimum absolute atomic E-state index is 0.0591. The van der Waals surface area contributed by atoms with Gasteiger partial charge in [0.2, 0.25) is 5.91 Å². The lowest BCUT2D eigenvalue weighted by Gasteiger charge is -2.00. The molecule has 0 saturated carbocycles. The molecule has 76 valence electrons. The molecule has 0 atom stereocenters. The SMILES string of the molecule is O=C(Cc1ccncc1)Nc1nccs1. The zero-order valence-corrected chi connectivity index (χ0v) is 8.70. The maximum Gasteiger partial charge on any atom is 0.230 e. The Morgan fingerprint density at radius 3 is 2.80 bits per heavy atom. The van der Waals surface area contributed by atoms with E-state index < -0.39 is 0 Å². The minimum atomic E-state index is -0.0591. The van der Waals surface area contributed by atoms with Gasteiger partial charge in [-0.25, -0.2) is 4.98 Å². The molecule has 4 nitrogen and oxygen atoms in total. The molecular weight excluding hydrogens is 210 g/mol. The van der Waals surface area contributed by atoms with Gasteiger partial charge in [0.15, 0.2) is 5.13 Å². The van der Waals surface area contributed by atoms with Gasteiger partial charge in [0, 0.05) is 24.0 Å². The molecule has 2 aromatic heterocycles. The van der Waals surface area contributed by atoms with Crippen LogP contribution in [0, 0.1) is 0 Å². The third-order valence-electron chi connectivity index (χ3n) is 1.79. The van der Waals surface area contributed by atoms with Crippen LogP contribution in [-0.4, -0.2) is 15.9 Å². The van der Waals surface area contributed by atoms with Gasteiger partial charge in [0.05, 0.1) is 6.42 Å². The van der Waals surface area contributed by atoms with Crippen molar-refractivity contribution in [3.63, 3.8) is 0 Å². The first-order valence-corrected chi connectivity index (χ1v) is 5.31. The lowest BCUT2D eigenvalue weighted by molar-refractivity contribution is -0.115. The quantitative estimate of drug-likeness (QED) is 0.855. The van der Waals surface area contributed by atoms with Gasteiger partial charge in [-0.05, 0) is 17.7 Å². The highest BCUT2D eigenvalue weighted by molar-refractivity contribution is 7.13. The maximum absolute atomic E-state index is 11.5. The van der Waals surface area contributed by atoms with E-state index in [2.05, 4.69) is 15.3 Å². The molecule has 0 aromatic carbocycles. The molecule has 15 heavy (non-hydrogen) atoms. The van der Waals surface area contributed by atoms with Gasteiger partial charge in [0.25, 0.3) is 0 Å². The van der Waals surface area contributed by atoms with Crippen LogP contribution in [0.15, 0.2) is 36.1 Å². The minimum Gasteiger partial charge on any atom is -0.302 e. The van der Waals surface area contributed by atoms with Gasteiger partial charge in [-0.3, -0.25) is 9.78 Å². The normalized spacial score (nSPS) is 9.87. The largest absolute Gasteiger partial charge is 0.302 e. The van der Waals surface area contributed by atoms with Gasteiger partial charge in [-0.1, -0.05) is 0 Å². The lowest BCUT2D eigenvalue weighted by atomic mass is 10.2. The van der Waals surface area contributed by atoms with Gasteiger partial charge in [-0.15, -0.1) is 11.3 Å². The Morgan fingerprint density at radius 2 is 2.13 bits per heavy atom. The van der Waals surface area contributed by atoms with Crippen LogP contribution in [0.1, 0.15) is 5.56 Å². The van der Waals surface area contributed by atoms with Crippen LogP contribution in [0.3, 0.4) is 0 Å². The summed E-state index contributed by atoms with van der Waals surface area (Å²) in [5, 5.41) is 5.17. The molecule has 0 saturated heterocycles. The van der Waals surface area contributed by atoms with E-state index in [1.807, 2.05) is 17.5 Å². The summed E-state index contributed by atoms with van der Waals surface area (Å²) in [6, 6.07) is 3.64. The molecule has 0 aliphatic heterocycles. The average molecular weight is 219 g/mol. The number of nitrogens with one attached hydrogen (secondary N) is 1. The molecule has 0 fully saturated rings. The van der Waals surface area contributed by atoms with E-state index in [1.165, 1.54) is 11.3 Å². The highest BCUT2D eigenvalue weighted by Crippen LogP contribution is 2.10.